The zero-order valence-electron chi connectivity index (χ0n) is 13.6. The van der Waals surface area contributed by atoms with E-state index in [-0.39, 0.29) is 11.3 Å². The van der Waals surface area contributed by atoms with E-state index in [0.29, 0.717) is 6.42 Å². The third-order valence-electron chi connectivity index (χ3n) is 4.57. The topological polar surface area (TPSA) is 29.4 Å². The van der Waals surface area contributed by atoms with Crippen molar-refractivity contribution in [2.24, 2.45) is 4.99 Å². The number of allylic oxidation sites excluding steroid dienone is 1. The van der Waals surface area contributed by atoms with Crippen LogP contribution in [0.2, 0.25) is 0 Å². The fourth-order valence-corrected chi connectivity index (χ4v) is 2.88. The zero-order chi connectivity index (χ0) is 16.3. The molecule has 0 bridgehead atoms. The number of carbonyl (C=O) groups is 1. The van der Waals surface area contributed by atoms with E-state index >= 15 is 0 Å². The lowest BCUT2D eigenvalue weighted by molar-refractivity contribution is 0.0974. The van der Waals surface area contributed by atoms with E-state index in [0.717, 1.165) is 23.3 Å². The van der Waals surface area contributed by atoms with Gasteiger partial charge in [-0.1, -0.05) is 60.7 Å². The van der Waals surface area contributed by atoms with Gasteiger partial charge in [0.1, 0.15) is 0 Å². The van der Waals surface area contributed by atoms with Gasteiger partial charge in [-0.25, -0.2) is 0 Å². The van der Waals surface area contributed by atoms with Gasteiger partial charge in [-0.3, -0.25) is 9.79 Å². The van der Waals surface area contributed by atoms with Crippen LogP contribution in [0, 0.1) is 0 Å². The Morgan fingerprint density at radius 3 is 2.26 bits per heavy atom. The van der Waals surface area contributed by atoms with Crippen molar-refractivity contribution in [3.63, 3.8) is 0 Å². The first-order valence-electron chi connectivity index (χ1n) is 8.01. The normalized spacial score (nSPS) is 20.1. The number of benzene rings is 2. The molecule has 2 aromatic carbocycles. The highest BCUT2D eigenvalue weighted by molar-refractivity contribution is 6.11. The number of rotatable bonds is 5. The Kier molecular flexibility index (Phi) is 4.24. The van der Waals surface area contributed by atoms with Crippen molar-refractivity contribution in [1.82, 2.24) is 0 Å². The predicted molar refractivity (Wildman–Crippen MR) is 95.1 cm³/mol. The molecule has 1 heterocycles. The average Bonchev–Trinajstić information content (AvgIpc) is 2.90. The van der Waals surface area contributed by atoms with Gasteiger partial charge < -0.3 is 0 Å². The van der Waals surface area contributed by atoms with E-state index in [1.165, 1.54) is 5.57 Å². The molecule has 2 heteroatoms. The number of carbonyl (C=O) groups excluding carboxylic acids is 1. The highest BCUT2D eigenvalue weighted by atomic mass is 16.1. The molecule has 1 unspecified atom stereocenters. The van der Waals surface area contributed by atoms with Crippen LogP contribution in [0.5, 0.6) is 0 Å². The van der Waals surface area contributed by atoms with E-state index in [9.17, 15) is 4.79 Å². The molecule has 0 saturated carbocycles. The second-order valence-electron chi connectivity index (χ2n) is 6.25. The minimum Gasteiger partial charge on any atom is -0.294 e. The van der Waals surface area contributed by atoms with Crippen molar-refractivity contribution < 1.29 is 4.79 Å². The van der Waals surface area contributed by atoms with Crippen LogP contribution in [-0.4, -0.2) is 17.0 Å². The molecular weight excluding hydrogens is 282 g/mol. The Hall–Kier alpha value is -2.48. The highest BCUT2D eigenvalue weighted by Gasteiger charge is 2.31. The van der Waals surface area contributed by atoms with Gasteiger partial charge in [-0.15, -0.1) is 0 Å². The van der Waals surface area contributed by atoms with Crippen molar-refractivity contribution in [3.8, 4) is 0 Å². The molecule has 0 aliphatic carbocycles. The number of aliphatic imine (C=N–C) groups is 1. The van der Waals surface area contributed by atoms with Crippen LogP contribution in [0.15, 0.2) is 77.3 Å². The fourth-order valence-electron chi connectivity index (χ4n) is 2.88. The SMILES string of the molecule is CC1=CC(c2ccccc2)=NC1(C)CCC(=O)c1ccccc1. The smallest absolute Gasteiger partial charge is 0.162 e. The second kappa shape index (κ2) is 6.33. The number of ketones is 1. The number of hydrogen-bond donors (Lipinski definition) is 0. The number of Topliss-reactive ketones (excluding diaryl/α,β-unsaturated/α-hetero) is 1. The van der Waals surface area contributed by atoms with Crippen LogP contribution in [-0.2, 0) is 0 Å². The van der Waals surface area contributed by atoms with E-state index in [1.807, 2.05) is 48.5 Å². The summed E-state index contributed by atoms with van der Waals surface area (Å²) < 4.78 is 0. The van der Waals surface area contributed by atoms with Crippen LogP contribution in [0.25, 0.3) is 0 Å². The van der Waals surface area contributed by atoms with Crippen molar-refractivity contribution in [3.05, 3.63) is 83.4 Å². The summed E-state index contributed by atoms with van der Waals surface area (Å²) >= 11 is 0. The summed E-state index contributed by atoms with van der Waals surface area (Å²) in [4.78, 5) is 17.2. The summed E-state index contributed by atoms with van der Waals surface area (Å²) in [5.41, 5.74) is 3.86. The molecule has 1 atom stereocenters. The van der Waals surface area contributed by atoms with Crippen LogP contribution in [0.1, 0.15) is 42.6 Å². The molecule has 0 aromatic heterocycles. The molecule has 116 valence electrons. The molecule has 0 fully saturated rings. The van der Waals surface area contributed by atoms with E-state index in [1.54, 1.807) is 0 Å². The monoisotopic (exact) mass is 303 g/mol. The number of nitrogens with zero attached hydrogens (tertiary/aromatic N) is 1. The molecule has 23 heavy (non-hydrogen) atoms. The molecule has 0 radical (unpaired) electrons. The Labute approximate surface area is 137 Å². The molecule has 0 saturated heterocycles. The van der Waals surface area contributed by atoms with Gasteiger partial charge in [0.2, 0.25) is 0 Å². The van der Waals surface area contributed by atoms with Gasteiger partial charge in [0, 0.05) is 12.0 Å². The minimum absolute atomic E-state index is 0.183. The second-order valence-corrected chi connectivity index (χ2v) is 6.25. The summed E-state index contributed by atoms with van der Waals surface area (Å²) in [6.45, 7) is 4.22. The van der Waals surface area contributed by atoms with Crippen LogP contribution in [0.4, 0.5) is 0 Å². The maximum absolute atomic E-state index is 12.3. The summed E-state index contributed by atoms with van der Waals surface area (Å²) in [6.07, 6.45) is 3.39. The molecule has 2 aromatic rings. The summed E-state index contributed by atoms with van der Waals surface area (Å²) in [5.74, 6) is 0.183. The van der Waals surface area contributed by atoms with E-state index < -0.39 is 0 Å². The van der Waals surface area contributed by atoms with Gasteiger partial charge >= 0.3 is 0 Å². The van der Waals surface area contributed by atoms with Crippen molar-refractivity contribution in [2.45, 2.75) is 32.2 Å². The van der Waals surface area contributed by atoms with Gasteiger partial charge in [0.25, 0.3) is 0 Å². The summed E-state index contributed by atoms with van der Waals surface area (Å²) in [7, 11) is 0. The quantitative estimate of drug-likeness (QED) is 0.725. The molecular formula is C21H21NO. The minimum atomic E-state index is -0.282. The Balaban J connectivity index is 1.74. The summed E-state index contributed by atoms with van der Waals surface area (Å²) in [6, 6.07) is 19.7. The third kappa shape index (κ3) is 3.31. The molecule has 0 spiro atoms. The first-order chi connectivity index (χ1) is 11.1. The first-order valence-corrected chi connectivity index (χ1v) is 8.01. The lowest BCUT2D eigenvalue weighted by atomic mass is 9.88. The van der Waals surface area contributed by atoms with Gasteiger partial charge in [0.15, 0.2) is 5.78 Å². The van der Waals surface area contributed by atoms with Gasteiger partial charge in [-0.05, 0) is 37.5 Å². The molecule has 3 rings (SSSR count). The Bertz CT molecular complexity index is 759. The standard InChI is InChI=1S/C21H21NO/c1-16-15-19(17-9-5-3-6-10-17)22-21(16,2)14-13-20(23)18-11-7-4-8-12-18/h3-12,15H,13-14H2,1-2H3. The largest absolute Gasteiger partial charge is 0.294 e. The van der Waals surface area contributed by atoms with Crippen molar-refractivity contribution >= 4 is 11.5 Å². The predicted octanol–water partition coefficient (Wildman–Crippen LogP) is 4.86. The van der Waals surface area contributed by atoms with Crippen LogP contribution in [0.3, 0.4) is 0 Å². The average molecular weight is 303 g/mol. The first kappa shape index (κ1) is 15.4. The van der Waals surface area contributed by atoms with E-state index in [2.05, 4.69) is 32.1 Å². The molecule has 1 aliphatic heterocycles. The zero-order valence-corrected chi connectivity index (χ0v) is 13.6. The summed E-state index contributed by atoms with van der Waals surface area (Å²) in [5, 5.41) is 0. The van der Waals surface area contributed by atoms with Crippen molar-refractivity contribution in [2.75, 3.05) is 0 Å². The Morgan fingerprint density at radius 2 is 1.61 bits per heavy atom. The molecule has 2 nitrogen and oxygen atoms in total. The van der Waals surface area contributed by atoms with E-state index in [4.69, 9.17) is 4.99 Å². The third-order valence-corrected chi connectivity index (χ3v) is 4.57. The maximum Gasteiger partial charge on any atom is 0.162 e. The van der Waals surface area contributed by atoms with Gasteiger partial charge in [-0.2, -0.15) is 0 Å². The van der Waals surface area contributed by atoms with Crippen molar-refractivity contribution in [1.29, 1.82) is 0 Å². The van der Waals surface area contributed by atoms with Gasteiger partial charge in [0.05, 0.1) is 11.3 Å². The lowest BCUT2D eigenvalue weighted by Gasteiger charge is -2.22. The molecule has 0 amide bonds. The lowest BCUT2D eigenvalue weighted by Crippen LogP contribution is -2.22. The number of hydrogen-bond acceptors (Lipinski definition) is 2. The fraction of sp³-hybridized carbons (Fsp3) is 0.238. The molecule has 1 aliphatic rings. The van der Waals surface area contributed by atoms with Crippen LogP contribution >= 0.6 is 0 Å². The molecule has 0 N–H and O–H groups in total. The highest BCUT2D eigenvalue weighted by Crippen LogP contribution is 2.33. The maximum atomic E-state index is 12.3. The Morgan fingerprint density at radius 1 is 1.00 bits per heavy atom. The van der Waals surface area contributed by atoms with Crippen LogP contribution < -0.4 is 0 Å².